The molecule has 1 aliphatic rings. The van der Waals surface area contributed by atoms with E-state index in [4.69, 9.17) is 9.90 Å². The minimum atomic E-state index is -5.08. The molecule has 0 bridgehead atoms. The summed E-state index contributed by atoms with van der Waals surface area (Å²) in [6, 6.07) is 35.1. The molecule has 2 atom stereocenters. The van der Waals surface area contributed by atoms with Crippen LogP contribution in [-0.4, -0.2) is 59.6 Å². The van der Waals surface area contributed by atoms with E-state index in [0.717, 1.165) is 0 Å². The topological polar surface area (TPSA) is 152 Å². The van der Waals surface area contributed by atoms with Crippen molar-refractivity contribution in [2.24, 2.45) is 0 Å². The first kappa shape index (κ1) is 34.7. The highest BCUT2D eigenvalue weighted by atomic mass is 19.4. The van der Waals surface area contributed by atoms with Crippen molar-refractivity contribution in [3.05, 3.63) is 138 Å². The largest absolute Gasteiger partial charge is 0.490 e. The quantitative estimate of drug-likeness (QED) is 0.185. The number of aliphatic carboxylic acids is 1. The number of nitrogens with one attached hydrogen (secondary N) is 3. The minimum absolute atomic E-state index is 0.112. The van der Waals surface area contributed by atoms with Gasteiger partial charge in [-0.15, -0.1) is 0 Å². The zero-order chi connectivity index (χ0) is 34.9. The average Bonchev–Trinajstić information content (AvgIpc) is 3.36. The molecule has 1 heterocycles. The Morgan fingerprint density at radius 2 is 1.42 bits per heavy atom. The number of benzene rings is 4. The van der Waals surface area contributed by atoms with Gasteiger partial charge < -0.3 is 21.1 Å². The number of halogens is 3. The van der Waals surface area contributed by atoms with Gasteiger partial charge in [-0.25, -0.2) is 9.59 Å². The number of hydrogen-bond acceptors (Lipinski definition) is 6. The Bertz CT molecular complexity index is 1760. The van der Waals surface area contributed by atoms with E-state index >= 15 is 0 Å². The van der Waals surface area contributed by atoms with E-state index in [2.05, 4.69) is 22.0 Å². The van der Waals surface area contributed by atoms with Crippen molar-refractivity contribution in [1.29, 1.82) is 5.26 Å². The van der Waals surface area contributed by atoms with E-state index in [-0.39, 0.29) is 12.5 Å². The van der Waals surface area contributed by atoms with Gasteiger partial charge in [-0.2, -0.15) is 18.4 Å². The van der Waals surface area contributed by atoms with Crippen molar-refractivity contribution in [3.63, 3.8) is 0 Å². The molecular weight excluding hydrogens is 627 g/mol. The van der Waals surface area contributed by atoms with Gasteiger partial charge in [0.2, 0.25) is 5.91 Å². The fourth-order valence-corrected chi connectivity index (χ4v) is 5.33. The number of alkyl halides is 3. The molecule has 0 radical (unpaired) electrons. The molecule has 13 heteroatoms. The van der Waals surface area contributed by atoms with Gasteiger partial charge in [0, 0.05) is 25.2 Å². The molecule has 0 aromatic heterocycles. The SMILES string of the molecule is CNC(=O)[C@H](Nc1ccccc1)[C@H](CN1C(=O)NC(c2ccccc2)(c2ccccc2)C1=O)c1cccc(C#N)c1.O=C(O)C(F)(F)F. The van der Waals surface area contributed by atoms with Crippen molar-refractivity contribution in [2.45, 2.75) is 23.7 Å². The molecule has 0 aliphatic carbocycles. The van der Waals surface area contributed by atoms with Gasteiger partial charge in [-0.3, -0.25) is 14.5 Å². The lowest BCUT2D eigenvalue weighted by Crippen LogP contribution is -2.48. The molecule has 0 saturated carbocycles. The maximum atomic E-state index is 14.4. The Hall–Kier alpha value is -6.16. The number of urea groups is 1. The van der Waals surface area contributed by atoms with Crippen molar-refractivity contribution < 1.29 is 37.5 Å². The van der Waals surface area contributed by atoms with Crippen LogP contribution in [0.2, 0.25) is 0 Å². The molecule has 0 unspecified atom stereocenters. The molecule has 246 valence electrons. The van der Waals surface area contributed by atoms with Crippen LogP contribution in [0.4, 0.5) is 23.7 Å². The van der Waals surface area contributed by atoms with Crippen molar-refractivity contribution in [3.8, 4) is 6.07 Å². The first-order chi connectivity index (χ1) is 22.9. The van der Waals surface area contributed by atoms with Crippen LogP contribution in [0.1, 0.15) is 28.2 Å². The van der Waals surface area contributed by atoms with E-state index in [1.54, 1.807) is 24.3 Å². The van der Waals surface area contributed by atoms with Crippen LogP contribution in [0, 0.1) is 11.3 Å². The number of para-hydroxylation sites is 1. The lowest BCUT2D eigenvalue weighted by atomic mass is 9.82. The third kappa shape index (κ3) is 7.61. The highest BCUT2D eigenvalue weighted by Gasteiger charge is 2.54. The first-order valence-corrected chi connectivity index (χ1v) is 14.5. The maximum Gasteiger partial charge on any atom is 0.490 e. The lowest BCUT2D eigenvalue weighted by Gasteiger charge is -2.31. The van der Waals surface area contributed by atoms with Crippen LogP contribution in [0.3, 0.4) is 0 Å². The highest BCUT2D eigenvalue weighted by molar-refractivity contribution is 6.09. The maximum absolute atomic E-state index is 14.4. The third-order valence-electron chi connectivity index (χ3n) is 7.61. The fourth-order valence-electron chi connectivity index (χ4n) is 5.33. The van der Waals surface area contributed by atoms with Gasteiger partial charge in [-0.05, 0) is 41.0 Å². The molecule has 48 heavy (non-hydrogen) atoms. The number of nitrogens with zero attached hydrogens (tertiary/aromatic N) is 2. The molecule has 1 fully saturated rings. The molecular formula is C35H30F3N5O5. The Kier molecular flexibility index (Phi) is 10.8. The van der Waals surface area contributed by atoms with Crippen LogP contribution in [0.15, 0.2) is 115 Å². The van der Waals surface area contributed by atoms with Gasteiger partial charge >= 0.3 is 18.2 Å². The standard InChI is InChI=1S/C33H29N5O3.C2HF3O2/c1-35-30(39)29(36-27-18-9-4-10-19-27)28(24-13-11-12-23(20-24)21-34)22-38-31(40)33(37-32(38)41,25-14-5-2-6-15-25)26-16-7-3-8-17-26;3-2(4,5)1(6)7/h2-20,28-29,36H,22H2,1H3,(H,35,39)(H,37,41);(H,6,7)/t28-,29-;/m1./s1. The van der Waals surface area contributed by atoms with Gasteiger partial charge in [0.1, 0.15) is 6.04 Å². The summed E-state index contributed by atoms with van der Waals surface area (Å²) >= 11 is 0. The number of carboxylic acid groups (broad SMARTS) is 1. The first-order valence-electron chi connectivity index (χ1n) is 14.5. The second-order valence-corrected chi connectivity index (χ2v) is 10.6. The molecule has 4 N–H and O–H groups in total. The zero-order valence-corrected chi connectivity index (χ0v) is 25.4. The number of carboxylic acids is 1. The number of hydrogen-bond donors (Lipinski definition) is 4. The highest BCUT2D eigenvalue weighted by Crippen LogP contribution is 2.37. The minimum Gasteiger partial charge on any atom is -0.475 e. The number of carbonyl (C=O) groups is 4. The second-order valence-electron chi connectivity index (χ2n) is 10.6. The average molecular weight is 658 g/mol. The summed E-state index contributed by atoms with van der Waals surface area (Å²) in [6.45, 7) is -0.112. The number of imide groups is 1. The normalized spacial score (nSPS) is 14.8. The Morgan fingerprint density at radius 1 is 0.896 bits per heavy atom. The van der Waals surface area contributed by atoms with Crippen LogP contribution in [0.5, 0.6) is 0 Å². The predicted octanol–water partition coefficient (Wildman–Crippen LogP) is 5.00. The Labute approximate surface area is 273 Å². The Balaban J connectivity index is 0.000000671. The summed E-state index contributed by atoms with van der Waals surface area (Å²) in [7, 11) is 1.54. The van der Waals surface area contributed by atoms with Gasteiger partial charge in [0.25, 0.3) is 5.91 Å². The molecule has 4 amide bonds. The summed E-state index contributed by atoms with van der Waals surface area (Å²) in [4.78, 5) is 51.5. The van der Waals surface area contributed by atoms with Crippen LogP contribution in [0.25, 0.3) is 0 Å². The zero-order valence-electron chi connectivity index (χ0n) is 25.4. The molecule has 5 rings (SSSR count). The van der Waals surface area contributed by atoms with E-state index < -0.39 is 41.6 Å². The van der Waals surface area contributed by atoms with Crippen LogP contribution < -0.4 is 16.0 Å². The molecule has 10 nitrogen and oxygen atoms in total. The monoisotopic (exact) mass is 657 g/mol. The number of amides is 4. The molecule has 4 aromatic rings. The van der Waals surface area contributed by atoms with Crippen molar-refractivity contribution in [2.75, 3.05) is 18.9 Å². The predicted molar refractivity (Wildman–Crippen MR) is 169 cm³/mol. The Morgan fingerprint density at radius 3 is 1.90 bits per heavy atom. The summed E-state index contributed by atoms with van der Waals surface area (Å²) < 4.78 is 31.7. The number of carbonyl (C=O) groups excluding carboxylic acids is 3. The van der Waals surface area contributed by atoms with E-state index in [0.29, 0.717) is 27.9 Å². The molecule has 1 aliphatic heterocycles. The number of anilines is 1. The third-order valence-corrected chi connectivity index (χ3v) is 7.61. The van der Waals surface area contributed by atoms with Gasteiger partial charge in [0.15, 0.2) is 5.54 Å². The molecule has 4 aromatic carbocycles. The van der Waals surface area contributed by atoms with Crippen LogP contribution >= 0.6 is 0 Å². The number of nitriles is 1. The summed E-state index contributed by atoms with van der Waals surface area (Å²) in [6.07, 6.45) is -5.08. The van der Waals surface area contributed by atoms with Gasteiger partial charge in [-0.1, -0.05) is 91.0 Å². The summed E-state index contributed by atoms with van der Waals surface area (Å²) in [5, 5.41) is 25.7. The summed E-state index contributed by atoms with van der Waals surface area (Å²) in [5.41, 5.74) is 1.55. The van der Waals surface area contributed by atoms with Crippen LogP contribution in [-0.2, 0) is 19.9 Å². The van der Waals surface area contributed by atoms with E-state index in [1.807, 2.05) is 91.0 Å². The molecule has 1 saturated heterocycles. The van der Waals surface area contributed by atoms with Crippen molar-refractivity contribution in [1.82, 2.24) is 15.5 Å². The smallest absolute Gasteiger partial charge is 0.475 e. The second kappa shape index (κ2) is 15.0. The van der Waals surface area contributed by atoms with E-state index in [1.165, 1.54) is 11.9 Å². The number of likely N-dealkylation sites (N-methyl/N-ethyl adjacent to an activating group) is 1. The number of rotatable bonds is 9. The van der Waals surface area contributed by atoms with E-state index in [9.17, 15) is 32.8 Å². The van der Waals surface area contributed by atoms with Crippen molar-refractivity contribution >= 4 is 29.5 Å². The van der Waals surface area contributed by atoms with Gasteiger partial charge in [0.05, 0.1) is 11.6 Å². The lowest BCUT2D eigenvalue weighted by molar-refractivity contribution is -0.192. The summed E-state index contributed by atoms with van der Waals surface area (Å²) in [5.74, 6) is -4.23. The fraction of sp³-hybridized carbons (Fsp3) is 0.171. The molecule has 0 spiro atoms.